The summed E-state index contributed by atoms with van der Waals surface area (Å²) in [6.07, 6.45) is -2.78. The number of amides is 3. The van der Waals surface area contributed by atoms with Crippen LogP contribution in [0, 0.1) is 0 Å². The Hall–Kier alpha value is -13.6. The van der Waals surface area contributed by atoms with Gasteiger partial charge in [-0.2, -0.15) is 0 Å². The summed E-state index contributed by atoms with van der Waals surface area (Å²) < 4.78 is 73.1. The molecule has 3 aliphatic rings. The van der Waals surface area contributed by atoms with Crippen LogP contribution in [0.15, 0.2) is 255 Å². The van der Waals surface area contributed by atoms with E-state index < -0.39 is 36.4 Å². The van der Waals surface area contributed by atoms with Crippen LogP contribution in [0.1, 0.15) is 34.8 Å². The van der Waals surface area contributed by atoms with Gasteiger partial charge in [0.05, 0.1) is 59.7 Å². The summed E-state index contributed by atoms with van der Waals surface area (Å²) >= 11 is 0. The molecule has 21 heteroatoms. The van der Waals surface area contributed by atoms with Crippen molar-refractivity contribution < 1.29 is 71.2 Å². The molecule has 522 valence electrons. The van der Waals surface area contributed by atoms with E-state index in [-0.39, 0.29) is 35.8 Å². The molecule has 3 aliphatic heterocycles. The zero-order chi connectivity index (χ0) is 71.8. The molecule has 6 unspecified atom stereocenters. The molecule has 105 heavy (non-hydrogen) atoms. The number of nitrogens with zero attached hydrogens (tertiary/aromatic N) is 6. The Bertz CT molecular complexity index is 4930. The first-order valence-corrected chi connectivity index (χ1v) is 33.6. The SMILES string of the molecule is COc1ccc(N2C(=O)C(Oc3ccc4ccccc4c3)C2c2ccc(Oc3nc(Oc4ccc(C5C(Oc6ccc7ccccc7c6)C(=O)N5c5ccc(OC)cc5OC)cc4)nc(Oc4ccc(C5C(Oc6ccc7ccccc7c6)C(=O)N5c5ccc(OC)cc5OC)cc4)n3)cc2)c(OC)c1. The van der Waals surface area contributed by atoms with Crippen LogP contribution in [0.5, 0.6) is 87.0 Å². The van der Waals surface area contributed by atoms with Gasteiger partial charge in [-0.1, -0.05) is 127 Å². The van der Waals surface area contributed by atoms with Gasteiger partial charge in [0.25, 0.3) is 17.7 Å². The summed E-state index contributed by atoms with van der Waals surface area (Å²) in [6, 6.07) is 75.8. The van der Waals surface area contributed by atoms with Crippen molar-refractivity contribution in [2.75, 3.05) is 57.4 Å². The van der Waals surface area contributed by atoms with Gasteiger partial charge in [0.2, 0.25) is 18.3 Å². The van der Waals surface area contributed by atoms with Gasteiger partial charge in [-0.25, -0.2) is 0 Å². The summed E-state index contributed by atoms with van der Waals surface area (Å²) in [5, 5.41) is 5.98. The van der Waals surface area contributed by atoms with Crippen molar-refractivity contribution >= 4 is 67.1 Å². The molecule has 0 spiro atoms. The molecule has 0 saturated carbocycles. The van der Waals surface area contributed by atoms with Gasteiger partial charge in [-0.05, 0) is 158 Å². The molecule has 0 bridgehead atoms. The fourth-order valence-electron chi connectivity index (χ4n) is 13.6. The predicted molar refractivity (Wildman–Crippen MR) is 394 cm³/mol. The molecule has 6 atom stereocenters. The quantitative estimate of drug-likeness (QED) is 0.0515. The van der Waals surface area contributed by atoms with Crippen LogP contribution >= 0.6 is 0 Å². The van der Waals surface area contributed by atoms with Crippen molar-refractivity contribution in [3.05, 3.63) is 271 Å². The first-order chi connectivity index (χ1) is 51.4. The third kappa shape index (κ3) is 12.8. The number of hydrogen-bond donors (Lipinski definition) is 0. The summed E-state index contributed by atoms with van der Waals surface area (Å²) in [7, 11) is 9.30. The lowest BCUT2D eigenvalue weighted by atomic mass is 9.89. The number of hydrogen-bond acceptors (Lipinski definition) is 18. The number of aromatic nitrogens is 3. The highest BCUT2D eigenvalue weighted by Gasteiger charge is 2.54. The average molecular weight is 1400 g/mol. The molecule has 0 N–H and O–H groups in total. The number of rotatable bonds is 24. The Labute approximate surface area is 602 Å². The van der Waals surface area contributed by atoms with Crippen molar-refractivity contribution in [3.8, 4) is 87.0 Å². The fourth-order valence-corrected chi connectivity index (χ4v) is 13.6. The highest BCUT2D eigenvalue weighted by atomic mass is 16.5. The first kappa shape index (κ1) is 66.0. The molecular weight excluding hydrogens is 1330 g/mol. The first-order valence-electron chi connectivity index (χ1n) is 33.6. The van der Waals surface area contributed by atoms with E-state index in [0.717, 1.165) is 49.0 Å². The number of anilines is 3. The Morgan fingerprint density at radius 1 is 0.257 bits per heavy atom. The van der Waals surface area contributed by atoms with E-state index in [1.165, 1.54) is 21.3 Å². The van der Waals surface area contributed by atoms with E-state index >= 15 is 0 Å². The van der Waals surface area contributed by atoms with Gasteiger partial charge >= 0.3 is 18.0 Å². The normalized spacial score (nSPS) is 17.4. The largest absolute Gasteiger partial charge is 0.497 e. The molecule has 0 aliphatic carbocycles. The van der Waals surface area contributed by atoms with Gasteiger partial charge in [-0.3, -0.25) is 29.1 Å². The lowest BCUT2D eigenvalue weighted by Gasteiger charge is -2.47. The summed E-state index contributed by atoms with van der Waals surface area (Å²) in [5.74, 6) is 4.65. The molecular formula is C84H66N6O15. The lowest BCUT2D eigenvalue weighted by molar-refractivity contribution is -0.135. The highest BCUT2D eigenvalue weighted by Crippen LogP contribution is 2.50. The van der Waals surface area contributed by atoms with Crippen LogP contribution in [-0.2, 0) is 14.4 Å². The smallest absolute Gasteiger partial charge is 0.331 e. The van der Waals surface area contributed by atoms with E-state index in [1.807, 2.05) is 164 Å². The van der Waals surface area contributed by atoms with Gasteiger partial charge in [0, 0.05) is 18.2 Å². The number of benzene rings is 12. The second-order valence-electron chi connectivity index (χ2n) is 24.9. The van der Waals surface area contributed by atoms with Crippen LogP contribution in [-0.4, -0.2) is 93.6 Å². The Morgan fingerprint density at radius 2 is 0.505 bits per heavy atom. The van der Waals surface area contributed by atoms with E-state index in [0.29, 0.717) is 86.1 Å². The molecule has 0 radical (unpaired) electrons. The van der Waals surface area contributed by atoms with Crippen LogP contribution in [0.4, 0.5) is 17.1 Å². The highest BCUT2D eigenvalue weighted by molar-refractivity contribution is 6.08. The second kappa shape index (κ2) is 28.1. The van der Waals surface area contributed by atoms with Gasteiger partial charge < -0.3 is 56.8 Å². The summed E-state index contributed by atoms with van der Waals surface area (Å²) in [5.41, 5.74) is 3.72. The third-order valence-corrected chi connectivity index (χ3v) is 18.9. The summed E-state index contributed by atoms with van der Waals surface area (Å²) in [4.78, 5) is 62.2. The molecule has 13 aromatic rings. The molecule has 3 saturated heterocycles. The standard InChI is InChI=1S/C84H66N6O15/c1-94-61-37-40-67(70(46-61)97-4)88-73(76(79(88)91)100-64-34-19-49-13-7-10-16-55(49)43-64)52-22-28-58(29-23-52)103-82-85-83(104-59-30-24-53(25-31-59)74-77(101-65-35-20-50-14-8-11-17-56(50)44-65)80(92)89(74)68-41-38-62(95-2)47-71(68)98-5)87-84(86-82)105-60-32-26-54(27-33-60)75-78(102-66-36-21-51-15-9-12-18-57(51)45-66)81(93)90(75)69-42-39-63(96-3)48-72(69)99-6/h7-48,73-78H,1-6H3. The Morgan fingerprint density at radius 3 is 0.762 bits per heavy atom. The van der Waals surface area contributed by atoms with E-state index in [2.05, 4.69) is 15.0 Å². The number of ether oxygens (including phenoxy) is 12. The molecule has 1 aromatic heterocycles. The number of methoxy groups -OCH3 is 6. The number of carbonyl (C=O) groups is 3. The van der Waals surface area contributed by atoms with E-state index in [4.69, 9.17) is 56.8 Å². The zero-order valence-corrected chi connectivity index (χ0v) is 57.5. The zero-order valence-electron chi connectivity index (χ0n) is 57.5. The van der Waals surface area contributed by atoms with Crippen molar-refractivity contribution in [1.82, 2.24) is 15.0 Å². The van der Waals surface area contributed by atoms with Crippen LogP contribution in [0.25, 0.3) is 32.3 Å². The van der Waals surface area contributed by atoms with Crippen molar-refractivity contribution in [1.29, 1.82) is 0 Å². The maximum Gasteiger partial charge on any atom is 0.331 e. The van der Waals surface area contributed by atoms with Crippen molar-refractivity contribution in [3.63, 3.8) is 0 Å². The van der Waals surface area contributed by atoms with Crippen LogP contribution in [0.3, 0.4) is 0 Å². The average Bonchev–Trinajstić information content (AvgIpc) is 0.742. The molecule has 3 amide bonds. The maximum absolute atomic E-state index is 14.4. The number of carbonyl (C=O) groups excluding carboxylic acids is 3. The molecule has 3 fully saturated rings. The van der Waals surface area contributed by atoms with Crippen molar-refractivity contribution in [2.45, 2.75) is 36.4 Å². The van der Waals surface area contributed by atoms with E-state index in [1.54, 1.807) is 127 Å². The summed E-state index contributed by atoms with van der Waals surface area (Å²) in [6.45, 7) is 0. The maximum atomic E-state index is 14.4. The van der Waals surface area contributed by atoms with Crippen LogP contribution in [0.2, 0.25) is 0 Å². The van der Waals surface area contributed by atoms with Gasteiger partial charge in [0.1, 0.15) is 87.1 Å². The molecule has 4 heterocycles. The second-order valence-corrected chi connectivity index (χ2v) is 24.9. The third-order valence-electron chi connectivity index (χ3n) is 18.9. The molecule has 12 aromatic carbocycles. The minimum atomic E-state index is -0.926. The van der Waals surface area contributed by atoms with Crippen LogP contribution < -0.4 is 71.5 Å². The number of β-lactam (4-membered cyclic amide) rings is 3. The monoisotopic (exact) mass is 1400 g/mol. The van der Waals surface area contributed by atoms with Crippen molar-refractivity contribution in [2.24, 2.45) is 0 Å². The van der Waals surface area contributed by atoms with E-state index in [9.17, 15) is 14.4 Å². The topological polar surface area (TPSA) is 210 Å². The number of fused-ring (bicyclic) bond motifs is 3. The minimum Gasteiger partial charge on any atom is -0.497 e. The molecule has 21 nitrogen and oxygen atoms in total. The predicted octanol–water partition coefficient (Wildman–Crippen LogP) is 16.4. The van der Waals surface area contributed by atoms with Gasteiger partial charge in [-0.15, -0.1) is 15.0 Å². The molecule has 16 rings (SSSR count). The minimum absolute atomic E-state index is 0.201. The fraction of sp³-hybridized carbons (Fsp3) is 0.143. The Balaban J connectivity index is 0.720. The Kier molecular flexibility index (Phi) is 17.7. The lowest BCUT2D eigenvalue weighted by Crippen LogP contribution is -2.61. The van der Waals surface area contributed by atoms with Gasteiger partial charge in [0.15, 0.2) is 0 Å².